The van der Waals surface area contributed by atoms with Crippen molar-refractivity contribution in [2.75, 3.05) is 5.73 Å². The molecular formula is C9H8Br2N4. The lowest BCUT2D eigenvalue weighted by molar-refractivity contribution is 0.670. The molecule has 0 amide bonds. The number of nitrogens with zero attached hydrogens (tertiary/aromatic N) is 3. The van der Waals surface area contributed by atoms with E-state index in [0.717, 1.165) is 10.0 Å². The Morgan fingerprint density at radius 3 is 2.73 bits per heavy atom. The molecule has 4 nitrogen and oxygen atoms in total. The Bertz CT molecular complexity index is 481. The van der Waals surface area contributed by atoms with Crippen LogP contribution in [0.15, 0.2) is 33.5 Å². The van der Waals surface area contributed by atoms with Gasteiger partial charge >= 0.3 is 0 Å². The fraction of sp³-hybridized carbons (Fsp3) is 0.111. The van der Waals surface area contributed by atoms with Gasteiger partial charge in [0.1, 0.15) is 0 Å². The zero-order valence-electron chi connectivity index (χ0n) is 7.69. The number of nitrogens with two attached hydrogens (primary N) is 1. The zero-order valence-corrected chi connectivity index (χ0v) is 10.9. The van der Waals surface area contributed by atoms with Crippen molar-refractivity contribution < 1.29 is 0 Å². The van der Waals surface area contributed by atoms with Gasteiger partial charge in [0.2, 0.25) is 5.95 Å². The highest BCUT2D eigenvalue weighted by Crippen LogP contribution is 2.15. The van der Waals surface area contributed by atoms with Crippen LogP contribution in [-0.4, -0.2) is 14.8 Å². The van der Waals surface area contributed by atoms with Crippen LogP contribution in [0.2, 0.25) is 0 Å². The van der Waals surface area contributed by atoms with Gasteiger partial charge in [-0.25, -0.2) is 4.68 Å². The molecule has 1 aromatic heterocycles. The Balaban J connectivity index is 2.25. The SMILES string of the molecule is Nc1nc(Br)n(Cc2cccc(Br)c2)n1. The average molecular weight is 332 g/mol. The zero-order chi connectivity index (χ0) is 10.8. The number of nitrogen functional groups attached to an aromatic ring is 1. The summed E-state index contributed by atoms with van der Waals surface area (Å²) in [6.45, 7) is 0.643. The Hall–Kier alpha value is -0.880. The summed E-state index contributed by atoms with van der Waals surface area (Å²) in [5, 5.41) is 4.06. The van der Waals surface area contributed by atoms with E-state index in [-0.39, 0.29) is 5.95 Å². The summed E-state index contributed by atoms with van der Waals surface area (Å²) in [5.74, 6) is 0.275. The maximum Gasteiger partial charge on any atom is 0.240 e. The van der Waals surface area contributed by atoms with Crippen molar-refractivity contribution in [1.29, 1.82) is 0 Å². The molecule has 6 heteroatoms. The van der Waals surface area contributed by atoms with Crippen LogP contribution < -0.4 is 5.73 Å². The number of rotatable bonds is 2. The summed E-state index contributed by atoms with van der Waals surface area (Å²) in [7, 11) is 0. The minimum absolute atomic E-state index is 0.275. The number of hydrogen-bond acceptors (Lipinski definition) is 3. The first-order chi connectivity index (χ1) is 7.15. The Morgan fingerprint density at radius 1 is 1.33 bits per heavy atom. The lowest BCUT2D eigenvalue weighted by atomic mass is 10.2. The van der Waals surface area contributed by atoms with E-state index < -0.39 is 0 Å². The van der Waals surface area contributed by atoms with Crippen LogP contribution in [0.25, 0.3) is 0 Å². The third-order valence-electron chi connectivity index (χ3n) is 1.86. The number of halogens is 2. The van der Waals surface area contributed by atoms with Crippen LogP contribution >= 0.6 is 31.9 Å². The quantitative estimate of drug-likeness (QED) is 0.919. The van der Waals surface area contributed by atoms with Crippen LogP contribution in [0.3, 0.4) is 0 Å². The monoisotopic (exact) mass is 330 g/mol. The lowest BCUT2D eigenvalue weighted by Gasteiger charge is -2.02. The predicted molar refractivity (Wildman–Crippen MR) is 65.4 cm³/mol. The van der Waals surface area contributed by atoms with Gasteiger partial charge < -0.3 is 5.73 Å². The van der Waals surface area contributed by atoms with Gasteiger partial charge in [-0.3, -0.25) is 0 Å². The molecule has 0 spiro atoms. The van der Waals surface area contributed by atoms with E-state index in [4.69, 9.17) is 5.73 Å². The van der Waals surface area contributed by atoms with Gasteiger partial charge in [-0.2, -0.15) is 4.98 Å². The average Bonchev–Trinajstić information content (AvgIpc) is 2.45. The maximum absolute atomic E-state index is 5.48. The van der Waals surface area contributed by atoms with Crippen molar-refractivity contribution in [2.24, 2.45) is 0 Å². The first-order valence-corrected chi connectivity index (χ1v) is 5.84. The van der Waals surface area contributed by atoms with Gasteiger partial charge in [0.05, 0.1) is 6.54 Å². The van der Waals surface area contributed by atoms with Crippen LogP contribution in [0.5, 0.6) is 0 Å². The van der Waals surface area contributed by atoms with E-state index in [9.17, 15) is 0 Å². The van der Waals surface area contributed by atoms with Crippen LogP contribution in [0.4, 0.5) is 5.95 Å². The van der Waals surface area contributed by atoms with E-state index in [1.807, 2.05) is 24.3 Å². The molecule has 0 unspecified atom stereocenters. The smallest absolute Gasteiger partial charge is 0.240 e. The van der Waals surface area contributed by atoms with E-state index >= 15 is 0 Å². The van der Waals surface area contributed by atoms with Crippen LogP contribution in [-0.2, 0) is 6.54 Å². The molecule has 0 aliphatic heterocycles. The third kappa shape index (κ3) is 2.57. The van der Waals surface area contributed by atoms with Crippen molar-refractivity contribution in [3.8, 4) is 0 Å². The largest absolute Gasteiger partial charge is 0.366 e. The molecule has 0 atom stereocenters. The highest BCUT2D eigenvalue weighted by molar-refractivity contribution is 9.10. The molecule has 1 heterocycles. The summed E-state index contributed by atoms with van der Waals surface area (Å²) < 4.78 is 3.39. The van der Waals surface area contributed by atoms with Gasteiger partial charge in [-0.1, -0.05) is 28.1 Å². The summed E-state index contributed by atoms with van der Waals surface area (Å²) >= 11 is 6.71. The molecule has 0 saturated heterocycles. The molecule has 0 bridgehead atoms. The molecule has 78 valence electrons. The van der Waals surface area contributed by atoms with Gasteiger partial charge in [0.15, 0.2) is 4.73 Å². The molecule has 0 radical (unpaired) electrons. The molecule has 2 N–H and O–H groups in total. The van der Waals surface area contributed by atoms with E-state index in [2.05, 4.69) is 41.9 Å². The summed E-state index contributed by atoms with van der Waals surface area (Å²) in [6, 6.07) is 8.02. The van der Waals surface area contributed by atoms with Crippen molar-refractivity contribution in [1.82, 2.24) is 14.8 Å². The molecular weight excluding hydrogens is 324 g/mol. The number of benzene rings is 1. The highest BCUT2D eigenvalue weighted by Gasteiger charge is 2.04. The standard InChI is InChI=1S/C9H8Br2N4/c10-7-3-1-2-6(4-7)5-15-8(11)13-9(12)14-15/h1-4H,5H2,(H2,12,14). The van der Waals surface area contributed by atoms with E-state index in [0.29, 0.717) is 11.3 Å². The van der Waals surface area contributed by atoms with Crippen molar-refractivity contribution in [3.63, 3.8) is 0 Å². The number of aromatic nitrogens is 3. The Kier molecular flexibility index (Phi) is 3.06. The second-order valence-corrected chi connectivity index (χ2v) is 4.65. The molecule has 1 aromatic carbocycles. The first-order valence-electron chi connectivity index (χ1n) is 4.25. The first kappa shape index (κ1) is 10.6. The normalized spacial score (nSPS) is 10.5. The van der Waals surface area contributed by atoms with Gasteiger partial charge in [-0.05, 0) is 33.6 Å². The summed E-state index contributed by atoms with van der Waals surface area (Å²) in [5.41, 5.74) is 6.61. The Labute approximate surface area is 104 Å². The van der Waals surface area contributed by atoms with Gasteiger partial charge in [0.25, 0.3) is 0 Å². The molecule has 2 rings (SSSR count). The number of anilines is 1. The topological polar surface area (TPSA) is 56.7 Å². The van der Waals surface area contributed by atoms with Crippen molar-refractivity contribution in [3.05, 3.63) is 39.0 Å². The fourth-order valence-corrected chi connectivity index (χ4v) is 2.08. The molecule has 15 heavy (non-hydrogen) atoms. The minimum atomic E-state index is 0.275. The number of hydrogen-bond donors (Lipinski definition) is 1. The van der Waals surface area contributed by atoms with Gasteiger partial charge in [0, 0.05) is 4.47 Å². The fourth-order valence-electron chi connectivity index (χ4n) is 1.25. The Morgan fingerprint density at radius 2 is 2.13 bits per heavy atom. The second-order valence-electron chi connectivity index (χ2n) is 3.03. The maximum atomic E-state index is 5.48. The highest BCUT2D eigenvalue weighted by atomic mass is 79.9. The lowest BCUT2D eigenvalue weighted by Crippen LogP contribution is -2.02. The third-order valence-corrected chi connectivity index (χ3v) is 2.94. The van der Waals surface area contributed by atoms with Crippen LogP contribution in [0.1, 0.15) is 5.56 Å². The minimum Gasteiger partial charge on any atom is -0.366 e. The van der Waals surface area contributed by atoms with E-state index in [1.165, 1.54) is 0 Å². The summed E-state index contributed by atoms with van der Waals surface area (Å²) in [6.07, 6.45) is 0. The van der Waals surface area contributed by atoms with E-state index in [1.54, 1.807) is 4.68 Å². The molecule has 0 saturated carbocycles. The van der Waals surface area contributed by atoms with Crippen LogP contribution in [0, 0.1) is 0 Å². The molecule has 2 aromatic rings. The van der Waals surface area contributed by atoms with Crippen molar-refractivity contribution >= 4 is 37.8 Å². The molecule has 0 fully saturated rings. The predicted octanol–water partition coefficient (Wildman–Crippen LogP) is 2.43. The molecule has 0 aliphatic carbocycles. The summed E-state index contributed by atoms with van der Waals surface area (Å²) in [4.78, 5) is 3.96. The van der Waals surface area contributed by atoms with Crippen molar-refractivity contribution in [2.45, 2.75) is 6.54 Å². The van der Waals surface area contributed by atoms with Gasteiger partial charge in [-0.15, -0.1) is 5.10 Å². The second kappa shape index (κ2) is 4.32. The molecule has 0 aliphatic rings.